The summed E-state index contributed by atoms with van der Waals surface area (Å²) in [6, 6.07) is 3.92. The number of unbranched alkanes of at least 4 members (excludes halogenated alkanes) is 1. The molecule has 9 N–H and O–H groups in total. The van der Waals surface area contributed by atoms with Gasteiger partial charge in [0.25, 0.3) is 0 Å². The van der Waals surface area contributed by atoms with E-state index in [9.17, 15) is 24.3 Å². The Kier molecular flexibility index (Phi) is 10.5. The summed E-state index contributed by atoms with van der Waals surface area (Å²) in [4.78, 5) is 62.1. The van der Waals surface area contributed by atoms with Crippen molar-refractivity contribution < 1.29 is 24.3 Å². The van der Waals surface area contributed by atoms with Gasteiger partial charge in [-0.3, -0.25) is 14.4 Å². The predicted octanol–water partition coefficient (Wildman–Crippen LogP) is 0.0962. The van der Waals surface area contributed by atoms with Crippen molar-refractivity contribution in [1.82, 2.24) is 36.2 Å². The van der Waals surface area contributed by atoms with Crippen molar-refractivity contribution in [2.75, 3.05) is 13.1 Å². The molecule has 13 heteroatoms. The van der Waals surface area contributed by atoms with Crippen LogP contribution in [0.3, 0.4) is 0 Å². The van der Waals surface area contributed by atoms with Crippen LogP contribution in [0.25, 0.3) is 10.9 Å². The molecule has 220 valence electrons. The van der Waals surface area contributed by atoms with Crippen molar-refractivity contribution in [2.45, 2.75) is 69.1 Å². The Morgan fingerprint density at radius 1 is 1.00 bits per heavy atom. The highest BCUT2D eigenvalue weighted by molar-refractivity contribution is 5.95. The number of amides is 3. The normalized spacial score (nSPS) is 17.0. The van der Waals surface area contributed by atoms with Gasteiger partial charge in [-0.2, -0.15) is 0 Å². The predicted molar refractivity (Wildman–Crippen MR) is 152 cm³/mol. The van der Waals surface area contributed by atoms with Crippen molar-refractivity contribution in [3.63, 3.8) is 0 Å². The van der Waals surface area contributed by atoms with Gasteiger partial charge in [-0.15, -0.1) is 0 Å². The number of nitrogens with zero attached hydrogens (tertiary/aromatic N) is 1. The molecule has 2 aromatic heterocycles. The molecule has 3 amide bonds. The lowest BCUT2D eigenvalue weighted by atomic mass is 10.0. The fraction of sp³-hybridized carbons (Fsp3) is 0.464. The minimum atomic E-state index is -1.17. The van der Waals surface area contributed by atoms with E-state index in [1.54, 1.807) is 12.4 Å². The van der Waals surface area contributed by atoms with E-state index in [-0.39, 0.29) is 25.2 Å². The van der Waals surface area contributed by atoms with Gasteiger partial charge in [0.15, 0.2) is 0 Å². The number of nitrogens with two attached hydrogens (primary N) is 1. The van der Waals surface area contributed by atoms with E-state index < -0.39 is 42.0 Å². The smallest absolute Gasteiger partial charge is 0.326 e. The van der Waals surface area contributed by atoms with E-state index in [0.29, 0.717) is 31.5 Å². The number of imidazole rings is 1. The third kappa shape index (κ3) is 8.14. The van der Waals surface area contributed by atoms with Gasteiger partial charge < -0.3 is 42.1 Å². The summed E-state index contributed by atoms with van der Waals surface area (Å²) in [5.41, 5.74) is 7.82. The van der Waals surface area contributed by atoms with Gasteiger partial charge in [0.1, 0.15) is 18.1 Å². The Bertz CT molecular complexity index is 1320. The average Bonchev–Trinajstić information content (AvgIpc) is 3.75. The summed E-state index contributed by atoms with van der Waals surface area (Å²) in [5.74, 6) is -2.67. The maximum Gasteiger partial charge on any atom is 0.326 e. The Balaban J connectivity index is 1.55. The second-order valence-corrected chi connectivity index (χ2v) is 10.3. The van der Waals surface area contributed by atoms with Crippen molar-refractivity contribution >= 4 is 34.6 Å². The number of benzene rings is 1. The topological polar surface area (TPSA) is 207 Å². The number of hydrogen-bond acceptors (Lipinski definition) is 7. The maximum atomic E-state index is 13.7. The lowest BCUT2D eigenvalue weighted by Gasteiger charge is -2.25. The molecule has 1 saturated heterocycles. The number of H-pyrrole nitrogens is 2. The quantitative estimate of drug-likeness (QED) is 0.118. The first kappa shape index (κ1) is 29.7. The van der Waals surface area contributed by atoms with Crippen LogP contribution in [0, 0.1) is 0 Å². The number of rotatable bonds is 15. The van der Waals surface area contributed by atoms with Crippen LogP contribution in [0.1, 0.15) is 43.4 Å². The molecule has 3 aromatic rings. The first-order valence-corrected chi connectivity index (χ1v) is 13.9. The number of carboxylic acids is 1. The highest BCUT2D eigenvalue weighted by Gasteiger charge is 2.32. The molecule has 4 rings (SSSR count). The highest BCUT2D eigenvalue weighted by atomic mass is 16.4. The monoisotopic (exact) mass is 566 g/mol. The molecule has 1 aromatic carbocycles. The van der Waals surface area contributed by atoms with Crippen LogP contribution >= 0.6 is 0 Å². The lowest BCUT2D eigenvalue weighted by molar-refractivity contribution is -0.142. The molecule has 0 radical (unpaired) electrons. The Morgan fingerprint density at radius 3 is 2.44 bits per heavy atom. The van der Waals surface area contributed by atoms with Crippen molar-refractivity contribution in [3.05, 3.63) is 54.2 Å². The molecule has 1 fully saturated rings. The number of fused-ring (bicyclic) bond motifs is 1. The first-order valence-electron chi connectivity index (χ1n) is 13.9. The van der Waals surface area contributed by atoms with Gasteiger partial charge in [-0.25, -0.2) is 9.78 Å². The number of para-hydroxylation sites is 1. The van der Waals surface area contributed by atoms with E-state index in [1.807, 2.05) is 24.3 Å². The molecule has 41 heavy (non-hydrogen) atoms. The van der Waals surface area contributed by atoms with Crippen LogP contribution in [-0.2, 0) is 32.0 Å². The van der Waals surface area contributed by atoms with Crippen LogP contribution in [0.2, 0.25) is 0 Å². The average molecular weight is 567 g/mol. The highest BCUT2D eigenvalue weighted by Crippen LogP contribution is 2.19. The van der Waals surface area contributed by atoms with Crippen molar-refractivity contribution in [3.8, 4) is 0 Å². The van der Waals surface area contributed by atoms with Crippen LogP contribution in [0.4, 0.5) is 0 Å². The number of carboxylic acid groups (broad SMARTS) is 1. The fourth-order valence-corrected chi connectivity index (χ4v) is 5.03. The van der Waals surface area contributed by atoms with Crippen LogP contribution in [0.5, 0.6) is 0 Å². The molecule has 1 aliphatic heterocycles. The fourth-order valence-electron chi connectivity index (χ4n) is 5.03. The van der Waals surface area contributed by atoms with Gasteiger partial charge in [0, 0.05) is 41.8 Å². The second kappa shape index (κ2) is 14.4. The third-order valence-electron chi connectivity index (χ3n) is 7.28. The van der Waals surface area contributed by atoms with E-state index in [1.165, 1.54) is 6.33 Å². The van der Waals surface area contributed by atoms with Gasteiger partial charge in [-0.1, -0.05) is 18.2 Å². The van der Waals surface area contributed by atoms with Gasteiger partial charge in [0.05, 0.1) is 12.4 Å². The van der Waals surface area contributed by atoms with E-state index in [0.717, 1.165) is 29.4 Å². The van der Waals surface area contributed by atoms with Crippen LogP contribution in [0.15, 0.2) is 43.0 Å². The molecule has 13 nitrogen and oxygen atoms in total. The molecule has 0 spiro atoms. The van der Waals surface area contributed by atoms with E-state index in [4.69, 9.17) is 5.73 Å². The molecular weight excluding hydrogens is 528 g/mol. The number of aromatic amines is 2. The zero-order chi connectivity index (χ0) is 29.2. The first-order chi connectivity index (χ1) is 19.9. The van der Waals surface area contributed by atoms with Crippen molar-refractivity contribution in [1.29, 1.82) is 0 Å². The maximum absolute atomic E-state index is 13.7. The minimum Gasteiger partial charge on any atom is -0.480 e. The largest absolute Gasteiger partial charge is 0.480 e. The summed E-state index contributed by atoms with van der Waals surface area (Å²) >= 11 is 0. The standard InChI is InChI=1S/C28H38N8O5/c29-10-4-3-8-22(28(40)41)34-26(38)23(12-17-14-32-20-7-2-1-6-19(17)20)35-27(39)24(13-18-15-30-16-33-18)36-25(37)21-9-5-11-31-21/h1-2,6-7,14-16,21-24,31-32H,3-5,8-13,29H2,(H,30,33)(H,34,38)(H,35,39)(H,36,37)(H,40,41). The van der Waals surface area contributed by atoms with Crippen molar-refractivity contribution in [2.24, 2.45) is 5.73 Å². The molecule has 1 aliphatic rings. The zero-order valence-corrected chi connectivity index (χ0v) is 22.8. The summed E-state index contributed by atoms with van der Waals surface area (Å²) < 4.78 is 0. The van der Waals surface area contributed by atoms with Crippen LogP contribution < -0.4 is 27.0 Å². The number of nitrogens with one attached hydrogen (secondary N) is 6. The molecular formula is C28H38N8O5. The summed E-state index contributed by atoms with van der Waals surface area (Å²) in [6.45, 7) is 1.14. The summed E-state index contributed by atoms with van der Waals surface area (Å²) in [5, 5.41) is 21.9. The lowest BCUT2D eigenvalue weighted by Crippen LogP contribution is -2.58. The molecule has 4 atom stereocenters. The summed E-state index contributed by atoms with van der Waals surface area (Å²) in [7, 11) is 0. The number of aromatic nitrogens is 3. The molecule has 4 unspecified atom stereocenters. The second-order valence-electron chi connectivity index (χ2n) is 10.3. The Morgan fingerprint density at radius 2 is 1.76 bits per heavy atom. The van der Waals surface area contributed by atoms with E-state index >= 15 is 0 Å². The van der Waals surface area contributed by atoms with Gasteiger partial charge >= 0.3 is 5.97 Å². The van der Waals surface area contributed by atoms with E-state index in [2.05, 4.69) is 36.2 Å². The minimum absolute atomic E-state index is 0.103. The van der Waals surface area contributed by atoms with Gasteiger partial charge in [-0.05, 0) is 56.8 Å². The van der Waals surface area contributed by atoms with Gasteiger partial charge in [0.2, 0.25) is 17.7 Å². The summed E-state index contributed by atoms with van der Waals surface area (Å²) in [6.07, 6.45) is 7.93. The molecule has 3 heterocycles. The van der Waals surface area contributed by atoms with Crippen LogP contribution in [-0.4, -0.2) is 81.0 Å². The zero-order valence-electron chi connectivity index (χ0n) is 22.8. The number of hydrogen-bond donors (Lipinski definition) is 8. The number of aliphatic carboxylic acids is 1. The molecule has 0 saturated carbocycles. The Labute approximate surface area is 237 Å². The number of carbonyl (C=O) groups is 4. The third-order valence-corrected chi connectivity index (χ3v) is 7.28. The Hall–Kier alpha value is -4.23. The SMILES string of the molecule is NCCCCC(NC(=O)C(Cc1c[nH]c2ccccc12)NC(=O)C(Cc1cnc[nH]1)NC(=O)C1CCCN1)C(=O)O. The molecule has 0 aliphatic carbocycles. The molecule has 0 bridgehead atoms. The number of carbonyl (C=O) groups excluding carboxylic acids is 3.